The molecule has 0 radical (unpaired) electrons. The molecule has 5 rings (SSSR count). The Labute approximate surface area is 192 Å². The highest BCUT2D eigenvalue weighted by atomic mass is 79.9. The molecule has 6 heteroatoms. The van der Waals surface area contributed by atoms with E-state index in [0.29, 0.717) is 16.8 Å². The van der Waals surface area contributed by atoms with E-state index in [4.69, 9.17) is 0 Å². The molecule has 5 nitrogen and oxygen atoms in total. The number of hydrogen-bond acceptors (Lipinski definition) is 4. The first-order chi connectivity index (χ1) is 15.6. The van der Waals surface area contributed by atoms with Crippen LogP contribution >= 0.6 is 15.9 Å². The lowest BCUT2D eigenvalue weighted by Crippen LogP contribution is -2.29. The SMILES string of the molecule is O=C1C(=O)N(c2cccc(Br)c2)C(c2cccnc2)/C1=C(/O)c1cccc2ccccc12. The number of aliphatic hydroxyl groups excluding tert-OH is 1. The second kappa shape index (κ2) is 8.05. The lowest BCUT2D eigenvalue weighted by molar-refractivity contribution is -0.132. The number of anilines is 1. The smallest absolute Gasteiger partial charge is 0.300 e. The van der Waals surface area contributed by atoms with Crippen molar-refractivity contribution in [3.8, 4) is 0 Å². The summed E-state index contributed by atoms with van der Waals surface area (Å²) in [5.74, 6) is -1.63. The topological polar surface area (TPSA) is 70.5 Å². The predicted molar refractivity (Wildman–Crippen MR) is 127 cm³/mol. The minimum Gasteiger partial charge on any atom is -0.507 e. The molecule has 0 aliphatic carbocycles. The van der Waals surface area contributed by atoms with Crippen molar-refractivity contribution in [3.63, 3.8) is 0 Å². The van der Waals surface area contributed by atoms with Crippen LogP contribution in [-0.2, 0) is 9.59 Å². The van der Waals surface area contributed by atoms with Gasteiger partial charge in [-0.1, -0.05) is 70.5 Å². The Balaban J connectivity index is 1.78. The van der Waals surface area contributed by atoms with E-state index in [2.05, 4.69) is 20.9 Å². The van der Waals surface area contributed by atoms with E-state index < -0.39 is 17.7 Å². The van der Waals surface area contributed by atoms with Crippen LogP contribution in [0.3, 0.4) is 0 Å². The van der Waals surface area contributed by atoms with Crippen LogP contribution in [-0.4, -0.2) is 21.8 Å². The Morgan fingerprint density at radius 2 is 1.72 bits per heavy atom. The lowest BCUT2D eigenvalue weighted by atomic mass is 9.94. The number of hydrogen-bond donors (Lipinski definition) is 1. The Morgan fingerprint density at radius 1 is 0.938 bits per heavy atom. The number of aliphatic hydroxyl groups is 1. The first-order valence-corrected chi connectivity index (χ1v) is 10.8. The highest BCUT2D eigenvalue weighted by Gasteiger charge is 2.47. The van der Waals surface area contributed by atoms with Gasteiger partial charge in [0, 0.05) is 28.1 Å². The quantitative estimate of drug-likeness (QED) is 0.232. The van der Waals surface area contributed by atoms with Crippen LogP contribution in [0.25, 0.3) is 16.5 Å². The van der Waals surface area contributed by atoms with Crippen LogP contribution in [0.15, 0.2) is 101 Å². The molecule has 1 atom stereocenters. The maximum Gasteiger partial charge on any atom is 0.300 e. The summed E-state index contributed by atoms with van der Waals surface area (Å²) in [6.45, 7) is 0. The van der Waals surface area contributed by atoms with Gasteiger partial charge in [0.15, 0.2) is 0 Å². The maximum atomic E-state index is 13.3. The van der Waals surface area contributed by atoms with Crippen LogP contribution in [0.4, 0.5) is 5.69 Å². The molecule has 1 unspecified atom stereocenters. The van der Waals surface area contributed by atoms with E-state index in [9.17, 15) is 14.7 Å². The highest BCUT2D eigenvalue weighted by Crippen LogP contribution is 2.43. The van der Waals surface area contributed by atoms with Crippen molar-refractivity contribution in [2.75, 3.05) is 4.90 Å². The number of carbonyl (C=O) groups excluding carboxylic acids is 2. The predicted octanol–water partition coefficient (Wildman–Crippen LogP) is 5.62. The van der Waals surface area contributed by atoms with Gasteiger partial charge in [0.1, 0.15) is 5.76 Å². The Kier molecular flexibility index (Phi) is 5.07. The van der Waals surface area contributed by atoms with Crippen molar-refractivity contribution in [2.45, 2.75) is 6.04 Å². The number of aromatic nitrogens is 1. The van der Waals surface area contributed by atoms with Gasteiger partial charge < -0.3 is 5.11 Å². The number of carbonyl (C=O) groups is 2. The third-order valence-electron chi connectivity index (χ3n) is 5.58. The normalized spacial score (nSPS) is 17.8. The van der Waals surface area contributed by atoms with Gasteiger partial charge in [-0.15, -0.1) is 0 Å². The molecule has 32 heavy (non-hydrogen) atoms. The number of fused-ring (bicyclic) bond motifs is 1. The number of pyridine rings is 1. The number of ketones is 1. The summed E-state index contributed by atoms with van der Waals surface area (Å²) in [4.78, 5) is 32.1. The maximum absolute atomic E-state index is 13.3. The number of nitrogens with zero attached hydrogens (tertiary/aromatic N) is 2. The zero-order valence-corrected chi connectivity index (χ0v) is 18.4. The van der Waals surface area contributed by atoms with Crippen molar-refractivity contribution in [1.29, 1.82) is 0 Å². The third-order valence-corrected chi connectivity index (χ3v) is 6.07. The molecule has 0 saturated carbocycles. The van der Waals surface area contributed by atoms with Gasteiger partial charge in [0.05, 0.1) is 11.6 Å². The first-order valence-electron chi connectivity index (χ1n) is 10.0. The monoisotopic (exact) mass is 484 g/mol. The van der Waals surface area contributed by atoms with Gasteiger partial charge in [-0.25, -0.2) is 0 Å². The Hall–Kier alpha value is -3.77. The van der Waals surface area contributed by atoms with Gasteiger partial charge in [-0.3, -0.25) is 19.5 Å². The average Bonchev–Trinajstić information content (AvgIpc) is 3.09. The second-order valence-electron chi connectivity index (χ2n) is 7.46. The molecule has 3 aromatic carbocycles. The molecule has 1 aliphatic heterocycles. The van der Waals surface area contributed by atoms with Gasteiger partial charge in [-0.2, -0.15) is 0 Å². The van der Waals surface area contributed by atoms with Gasteiger partial charge in [0.2, 0.25) is 0 Å². The van der Waals surface area contributed by atoms with Crippen molar-refractivity contribution in [2.24, 2.45) is 0 Å². The van der Waals surface area contributed by atoms with Crippen LogP contribution < -0.4 is 4.90 Å². The van der Waals surface area contributed by atoms with E-state index in [1.54, 1.807) is 48.8 Å². The summed E-state index contributed by atoms with van der Waals surface area (Å²) in [6.07, 6.45) is 3.23. The summed E-state index contributed by atoms with van der Waals surface area (Å²) in [5, 5.41) is 13.1. The zero-order chi connectivity index (χ0) is 22.2. The fraction of sp³-hybridized carbons (Fsp3) is 0.0385. The molecule has 1 aliphatic rings. The molecule has 1 saturated heterocycles. The number of halogens is 1. The number of rotatable bonds is 3. The number of benzene rings is 3. The second-order valence-corrected chi connectivity index (χ2v) is 8.38. The summed E-state index contributed by atoms with van der Waals surface area (Å²) in [7, 11) is 0. The fourth-order valence-electron chi connectivity index (χ4n) is 4.15. The summed E-state index contributed by atoms with van der Waals surface area (Å²) >= 11 is 3.43. The molecule has 1 aromatic heterocycles. The first kappa shape index (κ1) is 20.2. The van der Waals surface area contributed by atoms with Crippen molar-refractivity contribution < 1.29 is 14.7 Å². The zero-order valence-electron chi connectivity index (χ0n) is 16.8. The molecule has 2 heterocycles. The minimum absolute atomic E-state index is 0.0410. The molecule has 0 spiro atoms. The average molecular weight is 485 g/mol. The van der Waals surface area contributed by atoms with E-state index in [1.165, 1.54) is 4.90 Å². The van der Waals surface area contributed by atoms with Crippen molar-refractivity contribution in [3.05, 3.63) is 112 Å². The molecule has 1 N–H and O–H groups in total. The molecule has 1 amide bonds. The van der Waals surface area contributed by atoms with Gasteiger partial charge in [-0.05, 0) is 40.6 Å². The minimum atomic E-state index is -0.808. The fourth-order valence-corrected chi connectivity index (χ4v) is 4.54. The highest BCUT2D eigenvalue weighted by molar-refractivity contribution is 9.10. The molecule has 1 fully saturated rings. The molecule has 156 valence electrons. The number of Topliss-reactive ketones (excluding diaryl/α,β-unsaturated/α-hetero) is 1. The summed E-state index contributed by atoms with van der Waals surface area (Å²) in [6, 6.07) is 23.0. The van der Waals surface area contributed by atoms with Crippen LogP contribution in [0.1, 0.15) is 17.2 Å². The van der Waals surface area contributed by atoms with Gasteiger partial charge >= 0.3 is 0 Å². The molecular weight excluding hydrogens is 468 g/mol. The summed E-state index contributed by atoms with van der Waals surface area (Å²) in [5.41, 5.74) is 1.73. The van der Waals surface area contributed by atoms with Crippen LogP contribution in [0.2, 0.25) is 0 Å². The van der Waals surface area contributed by atoms with Gasteiger partial charge in [0.25, 0.3) is 11.7 Å². The molecule has 4 aromatic rings. The van der Waals surface area contributed by atoms with Crippen LogP contribution in [0.5, 0.6) is 0 Å². The molecule has 0 bridgehead atoms. The van der Waals surface area contributed by atoms with Crippen molar-refractivity contribution in [1.82, 2.24) is 4.98 Å². The Morgan fingerprint density at radius 3 is 2.50 bits per heavy atom. The lowest BCUT2D eigenvalue weighted by Gasteiger charge is -2.25. The standard InChI is InChI=1S/C26H17BrN2O3/c27-18-9-4-10-19(14-18)29-23(17-8-5-13-28-15-17)22(25(31)26(29)32)24(30)21-12-3-7-16-6-1-2-11-20(16)21/h1-15,23,30H/b24-22-. The third kappa shape index (κ3) is 3.29. The van der Waals surface area contributed by atoms with Crippen LogP contribution in [0, 0.1) is 0 Å². The summed E-state index contributed by atoms with van der Waals surface area (Å²) < 4.78 is 0.774. The van der Waals surface area contributed by atoms with Crippen molar-refractivity contribution >= 4 is 49.8 Å². The number of amides is 1. The van der Waals surface area contributed by atoms with E-state index in [0.717, 1.165) is 15.2 Å². The Bertz CT molecular complexity index is 1390. The molecular formula is C26H17BrN2O3. The largest absolute Gasteiger partial charge is 0.507 e. The van der Waals surface area contributed by atoms with E-state index in [-0.39, 0.29) is 11.3 Å². The van der Waals surface area contributed by atoms with E-state index >= 15 is 0 Å². The van der Waals surface area contributed by atoms with E-state index in [1.807, 2.05) is 42.5 Å².